The Balaban J connectivity index is 2.32. The number of hydrogen-bond acceptors (Lipinski definition) is 4. The lowest BCUT2D eigenvalue weighted by Crippen LogP contribution is -2.44. The Hall–Kier alpha value is -2.62. The van der Waals surface area contributed by atoms with E-state index >= 15 is 0 Å². The smallest absolute Gasteiger partial charge is 0.477 e. The molecule has 25 heavy (non-hydrogen) atoms. The summed E-state index contributed by atoms with van der Waals surface area (Å²) in [6.07, 6.45) is -4.73. The second kappa shape index (κ2) is 6.03. The Morgan fingerprint density at radius 3 is 2.40 bits per heavy atom. The van der Waals surface area contributed by atoms with E-state index in [4.69, 9.17) is 5.11 Å². The number of carboxylic acids is 1. The molecule has 1 aromatic heterocycles. The summed E-state index contributed by atoms with van der Waals surface area (Å²) in [5.41, 5.74) is -2.88. The summed E-state index contributed by atoms with van der Waals surface area (Å²) in [5, 5.41) is 11.4. The number of nitrogens with one attached hydrogen (secondary N) is 1. The summed E-state index contributed by atoms with van der Waals surface area (Å²) < 4.78 is 54.1. The predicted molar refractivity (Wildman–Crippen MR) is 81.5 cm³/mol. The van der Waals surface area contributed by atoms with Crippen LogP contribution in [0.4, 0.5) is 23.2 Å². The molecule has 0 bridgehead atoms. The SMILES string of the molecule is O=C(O)c1cn(C(F)(F)F)c2cc(N3CCNCC3)c(F)cc2c1=O. The molecule has 0 unspecified atom stereocenters. The van der Waals surface area contributed by atoms with Crippen molar-refractivity contribution in [3.8, 4) is 0 Å². The zero-order chi connectivity index (χ0) is 18.4. The van der Waals surface area contributed by atoms with E-state index in [-0.39, 0.29) is 16.5 Å². The maximum absolute atomic E-state index is 14.4. The molecule has 1 aliphatic rings. The van der Waals surface area contributed by atoms with Crippen LogP contribution in [0.2, 0.25) is 0 Å². The third kappa shape index (κ3) is 3.04. The highest BCUT2D eigenvalue weighted by Crippen LogP contribution is 2.31. The molecule has 0 saturated carbocycles. The molecule has 2 heterocycles. The van der Waals surface area contributed by atoms with Gasteiger partial charge in [0.1, 0.15) is 11.4 Å². The van der Waals surface area contributed by atoms with Crippen molar-refractivity contribution < 1.29 is 27.5 Å². The number of pyridine rings is 1. The van der Waals surface area contributed by atoms with Gasteiger partial charge in [0, 0.05) is 37.8 Å². The van der Waals surface area contributed by atoms with Gasteiger partial charge < -0.3 is 15.3 Å². The van der Waals surface area contributed by atoms with Crippen LogP contribution in [0.5, 0.6) is 0 Å². The van der Waals surface area contributed by atoms with E-state index in [1.54, 1.807) is 4.90 Å². The van der Waals surface area contributed by atoms with Gasteiger partial charge in [0.2, 0.25) is 5.43 Å². The molecule has 0 spiro atoms. The largest absolute Gasteiger partial charge is 0.488 e. The zero-order valence-electron chi connectivity index (χ0n) is 12.7. The van der Waals surface area contributed by atoms with Crippen LogP contribution in [0.1, 0.15) is 10.4 Å². The van der Waals surface area contributed by atoms with Crippen LogP contribution in [-0.4, -0.2) is 41.8 Å². The van der Waals surface area contributed by atoms with Crippen molar-refractivity contribution in [2.45, 2.75) is 6.30 Å². The van der Waals surface area contributed by atoms with Gasteiger partial charge in [0.15, 0.2) is 0 Å². The Bertz CT molecular complexity index is 902. The van der Waals surface area contributed by atoms with E-state index in [1.165, 1.54) is 0 Å². The van der Waals surface area contributed by atoms with Crippen LogP contribution in [0.15, 0.2) is 23.1 Å². The van der Waals surface area contributed by atoms with Crippen molar-refractivity contribution in [3.05, 3.63) is 39.9 Å². The van der Waals surface area contributed by atoms with E-state index in [0.29, 0.717) is 32.2 Å². The van der Waals surface area contributed by atoms with Gasteiger partial charge in [0.05, 0.1) is 11.2 Å². The van der Waals surface area contributed by atoms with Crippen LogP contribution < -0.4 is 15.6 Å². The van der Waals surface area contributed by atoms with E-state index < -0.39 is 40.0 Å². The molecule has 0 atom stereocenters. The normalized spacial score (nSPS) is 15.6. The van der Waals surface area contributed by atoms with Crippen LogP contribution in [0.3, 0.4) is 0 Å². The molecule has 134 valence electrons. The van der Waals surface area contributed by atoms with E-state index in [0.717, 1.165) is 6.07 Å². The van der Waals surface area contributed by atoms with Crippen molar-refractivity contribution in [1.82, 2.24) is 9.88 Å². The zero-order valence-corrected chi connectivity index (χ0v) is 12.7. The van der Waals surface area contributed by atoms with Crippen LogP contribution in [0, 0.1) is 5.82 Å². The molecule has 10 heteroatoms. The number of carbonyl (C=O) groups is 1. The van der Waals surface area contributed by atoms with Crippen LogP contribution in [0.25, 0.3) is 10.9 Å². The lowest BCUT2D eigenvalue weighted by molar-refractivity contribution is -0.201. The molecule has 1 aromatic carbocycles. The average molecular weight is 359 g/mol. The Morgan fingerprint density at radius 2 is 1.84 bits per heavy atom. The number of fused-ring (bicyclic) bond motifs is 1. The van der Waals surface area contributed by atoms with E-state index in [1.807, 2.05) is 0 Å². The van der Waals surface area contributed by atoms with Crippen molar-refractivity contribution in [2.24, 2.45) is 0 Å². The number of nitrogens with zero attached hydrogens (tertiary/aromatic N) is 2. The highest BCUT2D eigenvalue weighted by Gasteiger charge is 2.34. The van der Waals surface area contributed by atoms with Crippen molar-refractivity contribution in [1.29, 1.82) is 0 Å². The van der Waals surface area contributed by atoms with E-state index in [2.05, 4.69) is 5.32 Å². The average Bonchev–Trinajstić information content (AvgIpc) is 2.54. The molecule has 2 N–H and O–H groups in total. The van der Waals surface area contributed by atoms with Crippen molar-refractivity contribution in [2.75, 3.05) is 31.1 Å². The molecule has 2 aromatic rings. The number of benzene rings is 1. The van der Waals surface area contributed by atoms with Gasteiger partial charge in [-0.3, -0.25) is 9.36 Å². The van der Waals surface area contributed by atoms with Gasteiger partial charge in [-0.15, -0.1) is 13.2 Å². The van der Waals surface area contributed by atoms with Crippen molar-refractivity contribution in [3.63, 3.8) is 0 Å². The summed E-state index contributed by atoms with van der Waals surface area (Å²) in [4.78, 5) is 24.8. The minimum absolute atomic E-state index is 0.0607. The van der Waals surface area contributed by atoms with Crippen molar-refractivity contribution >= 4 is 22.6 Å². The molecule has 1 saturated heterocycles. The number of aromatic nitrogens is 1. The molecule has 0 aliphatic carbocycles. The molecule has 1 aliphatic heterocycles. The number of rotatable bonds is 2. The number of halogens is 4. The first-order chi connectivity index (χ1) is 11.7. The highest BCUT2D eigenvalue weighted by atomic mass is 19.4. The van der Waals surface area contributed by atoms with Gasteiger partial charge >= 0.3 is 12.3 Å². The first-order valence-corrected chi connectivity index (χ1v) is 7.35. The minimum atomic E-state index is -4.96. The maximum Gasteiger partial charge on any atom is 0.488 e. The summed E-state index contributed by atoms with van der Waals surface area (Å²) in [7, 11) is 0. The van der Waals surface area contributed by atoms with Gasteiger partial charge in [-0.1, -0.05) is 0 Å². The van der Waals surface area contributed by atoms with E-state index in [9.17, 15) is 27.2 Å². The summed E-state index contributed by atoms with van der Waals surface area (Å²) >= 11 is 0. The minimum Gasteiger partial charge on any atom is -0.477 e. The third-order valence-electron chi connectivity index (χ3n) is 4.03. The summed E-state index contributed by atoms with van der Waals surface area (Å²) in [6, 6.07) is 1.61. The number of carboxylic acid groups (broad SMARTS) is 1. The predicted octanol–water partition coefficient (Wildman–Crippen LogP) is 1.72. The Morgan fingerprint density at radius 1 is 1.20 bits per heavy atom. The molecule has 3 rings (SSSR count). The number of alkyl halides is 3. The Labute approximate surface area is 138 Å². The number of piperazine rings is 1. The third-order valence-corrected chi connectivity index (χ3v) is 4.03. The van der Waals surface area contributed by atoms with Gasteiger partial charge in [-0.25, -0.2) is 9.18 Å². The topological polar surface area (TPSA) is 74.6 Å². The second-order valence-corrected chi connectivity index (χ2v) is 5.57. The fourth-order valence-corrected chi connectivity index (χ4v) is 2.84. The lowest BCUT2D eigenvalue weighted by Gasteiger charge is -2.30. The fraction of sp³-hybridized carbons (Fsp3) is 0.333. The second-order valence-electron chi connectivity index (χ2n) is 5.57. The lowest BCUT2D eigenvalue weighted by atomic mass is 10.1. The first kappa shape index (κ1) is 17.2. The molecular weight excluding hydrogens is 346 g/mol. The number of hydrogen-bond donors (Lipinski definition) is 2. The van der Waals surface area contributed by atoms with Crippen LogP contribution >= 0.6 is 0 Å². The van der Waals surface area contributed by atoms with Gasteiger partial charge in [-0.05, 0) is 12.1 Å². The van der Waals surface area contributed by atoms with Gasteiger partial charge in [-0.2, -0.15) is 0 Å². The molecule has 0 amide bonds. The highest BCUT2D eigenvalue weighted by molar-refractivity contribution is 5.93. The fourth-order valence-electron chi connectivity index (χ4n) is 2.84. The molecular formula is C15H13F4N3O3. The maximum atomic E-state index is 14.4. The summed E-state index contributed by atoms with van der Waals surface area (Å²) in [6.45, 7) is 1.88. The first-order valence-electron chi connectivity index (χ1n) is 7.35. The molecule has 1 fully saturated rings. The Kier molecular flexibility index (Phi) is 4.15. The van der Waals surface area contributed by atoms with Gasteiger partial charge in [0.25, 0.3) is 0 Å². The monoisotopic (exact) mass is 359 g/mol. The standard InChI is InChI=1S/C15H13F4N3O3/c16-10-5-8-11(6-12(10)21-3-1-20-2-4-21)22(15(17,18)19)7-9(13(8)23)14(24)25/h5-7,20H,1-4H2,(H,24,25). The quantitative estimate of drug-likeness (QED) is 0.799. The van der Waals surface area contributed by atoms with Crippen LogP contribution in [-0.2, 0) is 6.30 Å². The number of anilines is 1. The molecule has 0 radical (unpaired) electrons. The molecule has 6 nitrogen and oxygen atoms in total. The number of aromatic carboxylic acids is 1. The summed E-state index contributed by atoms with van der Waals surface area (Å²) in [5.74, 6) is -2.68.